The summed E-state index contributed by atoms with van der Waals surface area (Å²) in [5.41, 5.74) is 1.61. The van der Waals surface area contributed by atoms with Gasteiger partial charge in [0.2, 0.25) is 0 Å². The topological polar surface area (TPSA) is 74.5 Å². The van der Waals surface area contributed by atoms with Gasteiger partial charge < -0.3 is 14.7 Å². The molecule has 1 amide bonds. The van der Waals surface area contributed by atoms with E-state index in [4.69, 9.17) is 4.52 Å². The van der Waals surface area contributed by atoms with Crippen LogP contribution in [0.25, 0.3) is 0 Å². The third kappa shape index (κ3) is 4.40. The summed E-state index contributed by atoms with van der Waals surface area (Å²) < 4.78 is 5.44. The van der Waals surface area contributed by atoms with Crippen molar-refractivity contribution < 1.29 is 9.32 Å². The lowest BCUT2D eigenvalue weighted by molar-refractivity contribution is 0.0955. The van der Waals surface area contributed by atoms with E-state index in [0.717, 1.165) is 50.0 Å². The summed E-state index contributed by atoms with van der Waals surface area (Å²) in [6.07, 6.45) is 1.65. The number of amides is 1. The van der Waals surface area contributed by atoms with E-state index in [-0.39, 0.29) is 5.91 Å². The molecular weight excluding hydrogens is 330 g/mol. The van der Waals surface area contributed by atoms with Crippen LogP contribution >= 0.6 is 0 Å². The molecule has 3 rings (SSSR count). The lowest BCUT2D eigenvalue weighted by atomic mass is 10.1. The molecule has 1 aliphatic heterocycles. The molecule has 0 aromatic carbocycles. The fourth-order valence-corrected chi connectivity index (χ4v) is 3.00. The summed E-state index contributed by atoms with van der Waals surface area (Å²) in [4.78, 5) is 20.9. The summed E-state index contributed by atoms with van der Waals surface area (Å²) in [6.45, 7) is 11.2. The van der Waals surface area contributed by atoms with Gasteiger partial charge in [0.05, 0.1) is 17.8 Å². The fourth-order valence-electron chi connectivity index (χ4n) is 3.00. The highest BCUT2D eigenvalue weighted by Gasteiger charge is 2.20. The van der Waals surface area contributed by atoms with E-state index in [9.17, 15) is 4.79 Å². The van der Waals surface area contributed by atoms with Gasteiger partial charge in [-0.3, -0.25) is 9.69 Å². The van der Waals surface area contributed by atoms with Crippen molar-refractivity contribution in [3.05, 3.63) is 41.4 Å². The number of hydrogen-bond acceptors (Lipinski definition) is 6. The van der Waals surface area contributed by atoms with E-state index in [1.165, 1.54) is 0 Å². The first-order chi connectivity index (χ1) is 12.6. The number of carbonyl (C=O) groups is 1. The quantitative estimate of drug-likeness (QED) is 0.855. The molecule has 1 saturated heterocycles. The second-order valence-corrected chi connectivity index (χ2v) is 6.90. The van der Waals surface area contributed by atoms with Gasteiger partial charge >= 0.3 is 0 Å². The van der Waals surface area contributed by atoms with Crippen molar-refractivity contribution in [2.45, 2.75) is 33.2 Å². The Bertz CT molecular complexity index is 718. The largest absolute Gasteiger partial charge is 0.360 e. The van der Waals surface area contributed by atoms with Crippen LogP contribution in [-0.2, 0) is 6.54 Å². The molecule has 140 valence electrons. The highest BCUT2D eigenvalue weighted by Crippen LogP contribution is 2.18. The van der Waals surface area contributed by atoms with Gasteiger partial charge in [-0.1, -0.05) is 19.0 Å². The lowest BCUT2D eigenvalue weighted by Crippen LogP contribution is -2.46. The predicted molar refractivity (Wildman–Crippen MR) is 100 cm³/mol. The highest BCUT2D eigenvalue weighted by atomic mass is 16.5. The Labute approximate surface area is 154 Å². The predicted octanol–water partition coefficient (Wildman–Crippen LogP) is 2.26. The molecule has 1 fully saturated rings. The van der Waals surface area contributed by atoms with E-state index >= 15 is 0 Å². The number of rotatable bonds is 6. The Balaban J connectivity index is 1.52. The van der Waals surface area contributed by atoms with Crippen molar-refractivity contribution in [1.29, 1.82) is 0 Å². The minimum Gasteiger partial charge on any atom is -0.360 e. The van der Waals surface area contributed by atoms with Crippen LogP contribution in [0.5, 0.6) is 0 Å². The number of nitrogens with zero attached hydrogens (tertiary/aromatic N) is 4. The molecule has 7 nitrogen and oxygen atoms in total. The maximum Gasteiger partial charge on any atom is 0.252 e. The van der Waals surface area contributed by atoms with Crippen LogP contribution in [0.15, 0.2) is 28.9 Å². The number of nitrogens with one attached hydrogen (secondary N) is 1. The third-order valence-corrected chi connectivity index (χ3v) is 4.59. The molecule has 0 aliphatic carbocycles. The first-order valence-electron chi connectivity index (χ1n) is 9.24. The minimum absolute atomic E-state index is 0.0795. The molecule has 3 heterocycles. The summed E-state index contributed by atoms with van der Waals surface area (Å²) >= 11 is 0. The van der Waals surface area contributed by atoms with E-state index in [0.29, 0.717) is 18.0 Å². The molecule has 0 spiro atoms. The minimum atomic E-state index is -0.0795. The van der Waals surface area contributed by atoms with Crippen molar-refractivity contribution in [3.8, 4) is 0 Å². The van der Waals surface area contributed by atoms with Crippen molar-refractivity contribution >= 4 is 11.7 Å². The summed E-state index contributed by atoms with van der Waals surface area (Å²) in [5, 5.41) is 6.91. The Morgan fingerprint density at radius 1 is 1.27 bits per heavy atom. The van der Waals surface area contributed by atoms with Gasteiger partial charge in [-0.2, -0.15) is 0 Å². The van der Waals surface area contributed by atoms with Crippen LogP contribution in [0.2, 0.25) is 0 Å². The molecule has 0 unspecified atom stereocenters. The van der Waals surface area contributed by atoms with Gasteiger partial charge in [0.25, 0.3) is 5.91 Å². The number of piperazine rings is 1. The van der Waals surface area contributed by atoms with E-state index in [1.807, 2.05) is 19.1 Å². The average Bonchev–Trinajstić information content (AvgIpc) is 3.12. The summed E-state index contributed by atoms with van der Waals surface area (Å²) in [7, 11) is 0. The highest BCUT2D eigenvalue weighted by molar-refractivity contribution is 5.93. The summed E-state index contributed by atoms with van der Waals surface area (Å²) in [5.74, 6) is 2.15. The Morgan fingerprint density at radius 3 is 2.62 bits per heavy atom. The van der Waals surface area contributed by atoms with E-state index in [2.05, 4.69) is 45.2 Å². The molecule has 0 radical (unpaired) electrons. The Kier molecular flexibility index (Phi) is 5.88. The molecule has 26 heavy (non-hydrogen) atoms. The SMILES string of the molecule is CCNC(=O)c1ccc(N2CCN(Cc3cc(C(C)C)no3)CC2)nc1. The molecule has 1 aliphatic rings. The zero-order valence-electron chi connectivity index (χ0n) is 15.7. The van der Waals surface area contributed by atoms with Crippen LogP contribution < -0.4 is 10.2 Å². The molecular formula is C19H27N5O2. The normalized spacial score (nSPS) is 15.5. The standard InChI is InChI=1S/C19H27N5O2/c1-4-20-19(25)15-5-6-18(21-12-15)24-9-7-23(8-10-24)13-16-11-17(14(2)3)22-26-16/h5-6,11-12,14H,4,7-10,13H2,1-3H3,(H,20,25). The third-order valence-electron chi connectivity index (χ3n) is 4.59. The van der Waals surface area contributed by atoms with Crippen LogP contribution in [0.1, 0.15) is 48.5 Å². The number of anilines is 1. The molecule has 2 aromatic rings. The summed E-state index contributed by atoms with van der Waals surface area (Å²) in [6, 6.07) is 5.81. The molecule has 0 atom stereocenters. The van der Waals surface area contributed by atoms with Crippen LogP contribution in [-0.4, -0.2) is 53.7 Å². The molecule has 0 saturated carbocycles. The van der Waals surface area contributed by atoms with Gasteiger partial charge in [0.1, 0.15) is 5.82 Å². The monoisotopic (exact) mass is 357 g/mol. The average molecular weight is 357 g/mol. The van der Waals surface area contributed by atoms with Crippen molar-refractivity contribution in [1.82, 2.24) is 20.4 Å². The van der Waals surface area contributed by atoms with Crippen molar-refractivity contribution in [2.75, 3.05) is 37.6 Å². The van der Waals surface area contributed by atoms with E-state index in [1.54, 1.807) is 6.20 Å². The number of hydrogen-bond donors (Lipinski definition) is 1. The van der Waals surface area contributed by atoms with Crippen LogP contribution in [0.3, 0.4) is 0 Å². The second-order valence-electron chi connectivity index (χ2n) is 6.90. The van der Waals surface area contributed by atoms with Gasteiger partial charge in [0.15, 0.2) is 5.76 Å². The maximum atomic E-state index is 11.8. The molecule has 1 N–H and O–H groups in total. The second kappa shape index (κ2) is 8.31. The number of aromatic nitrogens is 2. The first kappa shape index (κ1) is 18.4. The van der Waals surface area contributed by atoms with Gasteiger partial charge in [-0.25, -0.2) is 4.98 Å². The smallest absolute Gasteiger partial charge is 0.252 e. The maximum absolute atomic E-state index is 11.8. The number of pyridine rings is 1. The van der Waals surface area contributed by atoms with Crippen LogP contribution in [0, 0.1) is 0 Å². The lowest BCUT2D eigenvalue weighted by Gasteiger charge is -2.34. The van der Waals surface area contributed by atoms with Crippen LogP contribution in [0.4, 0.5) is 5.82 Å². The fraction of sp³-hybridized carbons (Fsp3) is 0.526. The first-order valence-corrected chi connectivity index (χ1v) is 9.24. The zero-order valence-corrected chi connectivity index (χ0v) is 15.7. The molecule has 0 bridgehead atoms. The van der Waals surface area contributed by atoms with E-state index < -0.39 is 0 Å². The Hall–Kier alpha value is -2.41. The van der Waals surface area contributed by atoms with Crippen molar-refractivity contribution in [3.63, 3.8) is 0 Å². The molecule has 7 heteroatoms. The van der Waals surface area contributed by atoms with Gasteiger partial charge in [-0.15, -0.1) is 0 Å². The molecule has 2 aromatic heterocycles. The van der Waals surface area contributed by atoms with Gasteiger partial charge in [0, 0.05) is 45.0 Å². The van der Waals surface area contributed by atoms with Crippen molar-refractivity contribution in [2.24, 2.45) is 0 Å². The zero-order chi connectivity index (χ0) is 18.5. The Morgan fingerprint density at radius 2 is 2.04 bits per heavy atom. The van der Waals surface area contributed by atoms with Gasteiger partial charge in [-0.05, 0) is 25.0 Å². The number of carbonyl (C=O) groups excluding carboxylic acids is 1.